The predicted octanol–water partition coefficient (Wildman–Crippen LogP) is 11.2. The molecule has 54 heavy (non-hydrogen) atoms. The van der Waals surface area contributed by atoms with Gasteiger partial charge in [-0.1, -0.05) is 53.4 Å². The van der Waals surface area contributed by atoms with Gasteiger partial charge < -0.3 is 8.98 Å². The van der Waals surface area contributed by atoms with E-state index in [4.69, 9.17) is 14.4 Å². The number of pyridine rings is 2. The second-order valence-electron chi connectivity index (χ2n) is 14.6. The molecule has 0 bridgehead atoms. The second kappa shape index (κ2) is 16.0. The van der Waals surface area contributed by atoms with Crippen molar-refractivity contribution < 1.29 is 37.7 Å². The number of rotatable bonds is 7. The number of benzene rings is 4. The first-order valence-corrected chi connectivity index (χ1v) is 25.0. The van der Waals surface area contributed by atoms with Crippen LogP contribution in [0, 0.1) is 18.1 Å². The smallest absolute Gasteiger partial charge is 0.433 e. The van der Waals surface area contributed by atoms with Crippen LogP contribution in [0.25, 0.3) is 55.7 Å². The fraction of sp³-hybridized carbons (Fsp3) is 0.205. The molecular weight excluding hydrogens is 922 g/mol. The molecule has 0 fully saturated rings. The number of alkyl halides is 3. The molecule has 8 rings (SSSR count). The molecule has 0 unspecified atom stereocenters. The van der Waals surface area contributed by atoms with Crippen LogP contribution in [0.2, 0.25) is 17.3 Å². The molecule has 4 aromatic heterocycles. The Hall–Kier alpha value is -4.57. The summed E-state index contributed by atoms with van der Waals surface area (Å²) in [5.41, 5.74) is 6.40. The standard InChI is InChI=1S/C26H15F3N3O.C18H24GeN.Ir/c27-26(28,29)22-14-13-18-17-9-6-10-19(23(17)33-25(18)31-22)24-30-20-11-4-5-12-21(20)32(24)15-16-7-2-1-3-8-16;1-14(2)11-16-12-18(15-9-7-6-8-10-15)20-13-17(16)19(3,4)5;/h1-9,11-14H,15H2;6-9,12-14H,11H2,1-5H3;/q2*-1;. The Morgan fingerprint density at radius 3 is 2.26 bits per heavy atom. The van der Waals surface area contributed by atoms with Crippen LogP contribution in [-0.4, -0.2) is 32.8 Å². The summed E-state index contributed by atoms with van der Waals surface area (Å²) in [6, 6.07) is 40.5. The van der Waals surface area contributed by atoms with Gasteiger partial charge in [0.15, 0.2) is 0 Å². The van der Waals surface area contributed by atoms with Gasteiger partial charge in [0.05, 0.1) is 22.4 Å². The molecule has 5 nitrogen and oxygen atoms in total. The Morgan fingerprint density at radius 2 is 1.56 bits per heavy atom. The third kappa shape index (κ3) is 8.39. The Morgan fingerprint density at radius 1 is 0.815 bits per heavy atom. The summed E-state index contributed by atoms with van der Waals surface area (Å²) in [6.07, 6.45) is -1.28. The quantitative estimate of drug-likeness (QED) is 0.118. The van der Waals surface area contributed by atoms with E-state index in [2.05, 4.69) is 71.1 Å². The van der Waals surface area contributed by atoms with Crippen molar-refractivity contribution in [2.24, 2.45) is 5.92 Å². The Kier molecular flexibility index (Phi) is 11.6. The van der Waals surface area contributed by atoms with Gasteiger partial charge in [-0.05, 0) is 29.8 Å². The van der Waals surface area contributed by atoms with E-state index in [-0.39, 0.29) is 25.8 Å². The van der Waals surface area contributed by atoms with Crippen molar-refractivity contribution >= 4 is 50.8 Å². The van der Waals surface area contributed by atoms with Gasteiger partial charge in [0.1, 0.15) is 5.69 Å². The Bertz CT molecular complexity index is 2520. The maximum atomic E-state index is 13.2. The van der Waals surface area contributed by atoms with E-state index in [1.165, 1.54) is 11.6 Å². The Labute approximate surface area is 329 Å². The van der Waals surface area contributed by atoms with Crippen LogP contribution in [0.1, 0.15) is 30.7 Å². The van der Waals surface area contributed by atoms with Crippen molar-refractivity contribution in [1.82, 2.24) is 19.5 Å². The third-order valence-corrected chi connectivity index (χ3v) is 13.4. The van der Waals surface area contributed by atoms with Gasteiger partial charge >= 0.3 is 132 Å². The minimum Gasteiger partial charge on any atom is -0.486 e. The molecule has 8 aromatic rings. The first kappa shape index (κ1) is 39.1. The zero-order chi connectivity index (χ0) is 37.3. The molecule has 0 saturated heterocycles. The molecule has 0 spiro atoms. The van der Waals surface area contributed by atoms with E-state index >= 15 is 0 Å². The number of aromatic nitrogens is 4. The molecule has 4 aromatic carbocycles. The number of hydrogen-bond acceptors (Lipinski definition) is 4. The topological polar surface area (TPSA) is 56.7 Å². The van der Waals surface area contributed by atoms with Crippen LogP contribution < -0.4 is 4.40 Å². The SMILES string of the molecule is CC(C)Cc1cc(-c2[c-]cccc2)nc[c]1[Ge]([CH3])([CH3])[CH3].FC(F)(F)c1ccc2c(n1)oc1c(-c3nc4ccccc4n3Cc3ccccc3)[c-]ccc12.[Ir]. The van der Waals surface area contributed by atoms with E-state index in [0.717, 1.165) is 40.3 Å². The molecule has 0 aliphatic carbocycles. The summed E-state index contributed by atoms with van der Waals surface area (Å²) in [7, 11) is 0. The molecule has 0 saturated carbocycles. The van der Waals surface area contributed by atoms with Crippen LogP contribution in [-0.2, 0) is 39.2 Å². The second-order valence-corrected chi connectivity index (χ2v) is 25.2. The van der Waals surface area contributed by atoms with Crippen LogP contribution in [0.5, 0.6) is 0 Å². The molecule has 10 heteroatoms. The van der Waals surface area contributed by atoms with Crippen LogP contribution in [0.3, 0.4) is 0 Å². The van der Waals surface area contributed by atoms with Crippen molar-refractivity contribution in [2.45, 2.75) is 50.3 Å². The fourth-order valence-corrected chi connectivity index (χ4v) is 9.95. The Balaban J connectivity index is 0.000000205. The van der Waals surface area contributed by atoms with Crippen molar-refractivity contribution in [3.8, 4) is 22.6 Å². The maximum Gasteiger partial charge on any atom is 0.433 e. The van der Waals surface area contributed by atoms with Gasteiger partial charge in [-0.15, -0.1) is 18.2 Å². The number of imidazole rings is 1. The molecule has 0 atom stereocenters. The van der Waals surface area contributed by atoms with Crippen molar-refractivity contribution in [3.05, 3.63) is 144 Å². The monoisotopic (exact) mass is 963 g/mol. The van der Waals surface area contributed by atoms with E-state index < -0.39 is 25.1 Å². The zero-order valence-electron chi connectivity index (χ0n) is 30.6. The molecule has 277 valence electrons. The maximum absolute atomic E-state index is 13.2. The first-order valence-electron chi connectivity index (χ1n) is 17.6. The van der Waals surface area contributed by atoms with Crippen LogP contribution in [0.4, 0.5) is 13.2 Å². The molecule has 1 radical (unpaired) electrons. The van der Waals surface area contributed by atoms with E-state index in [1.807, 2.05) is 72.8 Å². The summed E-state index contributed by atoms with van der Waals surface area (Å²) in [5, 5.41) is 1.18. The van der Waals surface area contributed by atoms with Gasteiger partial charge in [0.25, 0.3) is 0 Å². The van der Waals surface area contributed by atoms with Crippen molar-refractivity contribution in [1.29, 1.82) is 0 Å². The summed E-state index contributed by atoms with van der Waals surface area (Å²) >= 11 is -1.86. The number of fused-ring (bicyclic) bond motifs is 4. The van der Waals surface area contributed by atoms with Crippen LogP contribution >= 0.6 is 0 Å². The number of furan rings is 1. The summed E-state index contributed by atoms with van der Waals surface area (Å²) < 4.78 is 49.0. The normalized spacial score (nSPS) is 11.9. The molecule has 0 amide bonds. The number of hydrogen-bond donors (Lipinski definition) is 0. The number of halogens is 3. The third-order valence-electron chi connectivity index (χ3n) is 9.06. The van der Waals surface area contributed by atoms with Gasteiger partial charge in [0, 0.05) is 32.0 Å². The molecule has 0 N–H and O–H groups in total. The van der Waals surface area contributed by atoms with Gasteiger partial charge in [-0.25, -0.2) is 4.98 Å². The number of para-hydroxylation sites is 2. The molecule has 0 aliphatic rings. The summed E-state index contributed by atoms with van der Waals surface area (Å²) in [5.74, 6) is 8.62. The van der Waals surface area contributed by atoms with Crippen LogP contribution in [0.15, 0.2) is 120 Å². The molecule has 0 aliphatic heterocycles. The zero-order valence-corrected chi connectivity index (χ0v) is 35.1. The molecule has 4 heterocycles. The fourth-order valence-electron chi connectivity index (χ4n) is 6.62. The minimum atomic E-state index is -4.55. The predicted molar refractivity (Wildman–Crippen MR) is 210 cm³/mol. The van der Waals surface area contributed by atoms with E-state index in [9.17, 15) is 13.2 Å². The van der Waals surface area contributed by atoms with Gasteiger partial charge in [0.2, 0.25) is 5.71 Å². The van der Waals surface area contributed by atoms with Gasteiger partial charge in [-0.3, -0.25) is 4.98 Å². The average Bonchev–Trinajstić information content (AvgIpc) is 3.69. The summed E-state index contributed by atoms with van der Waals surface area (Å²) in [6.45, 7) is 5.14. The van der Waals surface area contributed by atoms with E-state index in [0.29, 0.717) is 40.2 Å². The van der Waals surface area contributed by atoms with E-state index in [1.54, 1.807) is 16.5 Å². The first-order chi connectivity index (χ1) is 25.4. The summed E-state index contributed by atoms with van der Waals surface area (Å²) in [4.78, 5) is 13.2. The van der Waals surface area contributed by atoms with Crippen molar-refractivity contribution in [3.63, 3.8) is 0 Å². The number of nitrogens with zero attached hydrogens (tertiary/aromatic N) is 4. The largest absolute Gasteiger partial charge is 0.486 e. The van der Waals surface area contributed by atoms with Gasteiger partial charge in [-0.2, -0.15) is 13.2 Å². The minimum absolute atomic E-state index is 0. The molecular formula is C44H39F3GeIrN4O-2. The average molecular weight is 962 g/mol. The van der Waals surface area contributed by atoms with Crippen molar-refractivity contribution in [2.75, 3.05) is 0 Å².